The third-order valence-corrected chi connectivity index (χ3v) is 4.79. The van der Waals surface area contributed by atoms with Gasteiger partial charge in [0.2, 0.25) is 11.8 Å². The highest BCUT2D eigenvalue weighted by Crippen LogP contribution is 2.29. The lowest BCUT2D eigenvalue weighted by Gasteiger charge is -2.27. The van der Waals surface area contributed by atoms with Gasteiger partial charge in [-0.25, -0.2) is 4.98 Å². The standard InChI is InChI=1S/C19H15N5O5/c25-14-5-4-13(17(27)23-14)24-18(28)11-3-1-2-10(15(11)19(24)29)8-22-16(26)12-9-20-6-7-21-12/h1-3,6-7,9,13H,4-5,8H2,(H,22,26)(H,23,25,27). The maximum Gasteiger partial charge on any atom is 0.271 e. The number of benzene rings is 1. The van der Waals surface area contributed by atoms with Gasteiger partial charge in [0.25, 0.3) is 17.7 Å². The van der Waals surface area contributed by atoms with Crippen molar-refractivity contribution < 1.29 is 24.0 Å². The van der Waals surface area contributed by atoms with Gasteiger partial charge in [-0.3, -0.25) is 39.2 Å². The zero-order valence-corrected chi connectivity index (χ0v) is 15.0. The fourth-order valence-electron chi connectivity index (χ4n) is 3.41. The van der Waals surface area contributed by atoms with Crippen molar-refractivity contribution in [2.24, 2.45) is 0 Å². The molecule has 146 valence electrons. The van der Waals surface area contributed by atoms with Gasteiger partial charge in [0.05, 0.1) is 17.3 Å². The number of aromatic nitrogens is 2. The molecule has 2 N–H and O–H groups in total. The first-order valence-electron chi connectivity index (χ1n) is 8.85. The SMILES string of the molecule is O=C1CCC(N2C(=O)c3cccc(CNC(=O)c4cnccn4)c3C2=O)C(=O)N1. The van der Waals surface area contributed by atoms with Crippen molar-refractivity contribution in [2.45, 2.75) is 25.4 Å². The topological polar surface area (TPSA) is 138 Å². The van der Waals surface area contributed by atoms with Crippen molar-refractivity contribution in [1.82, 2.24) is 25.5 Å². The first-order valence-corrected chi connectivity index (χ1v) is 8.85. The number of nitrogens with one attached hydrogen (secondary N) is 2. The summed E-state index contributed by atoms with van der Waals surface area (Å²) in [7, 11) is 0. The number of hydrogen-bond acceptors (Lipinski definition) is 7. The molecule has 1 atom stereocenters. The number of fused-ring (bicyclic) bond motifs is 1. The zero-order chi connectivity index (χ0) is 20.5. The average molecular weight is 393 g/mol. The minimum absolute atomic E-state index is 0.0131. The van der Waals surface area contributed by atoms with Gasteiger partial charge < -0.3 is 5.32 Å². The molecule has 10 heteroatoms. The molecule has 5 amide bonds. The molecule has 1 unspecified atom stereocenters. The molecule has 0 radical (unpaired) electrons. The Bertz CT molecular complexity index is 1050. The molecule has 2 aromatic rings. The Morgan fingerprint density at radius 2 is 2.00 bits per heavy atom. The lowest BCUT2D eigenvalue weighted by molar-refractivity contribution is -0.136. The monoisotopic (exact) mass is 393 g/mol. The number of amides is 5. The number of piperidine rings is 1. The highest BCUT2D eigenvalue weighted by Gasteiger charge is 2.45. The van der Waals surface area contributed by atoms with Crippen LogP contribution in [0.5, 0.6) is 0 Å². The van der Waals surface area contributed by atoms with Gasteiger partial charge >= 0.3 is 0 Å². The van der Waals surface area contributed by atoms with Crippen LogP contribution in [-0.2, 0) is 16.1 Å². The average Bonchev–Trinajstić information content (AvgIpc) is 2.98. The van der Waals surface area contributed by atoms with Gasteiger partial charge in [0.15, 0.2) is 0 Å². The van der Waals surface area contributed by atoms with E-state index in [0.29, 0.717) is 5.56 Å². The Kier molecular flexibility index (Phi) is 4.59. The summed E-state index contributed by atoms with van der Waals surface area (Å²) < 4.78 is 0. The van der Waals surface area contributed by atoms with E-state index < -0.39 is 35.6 Å². The fraction of sp³-hybridized carbons (Fsp3) is 0.211. The third kappa shape index (κ3) is 3.24. The molecular weight excluding hydrogens is 378 g/mol. The molecule has 1 saturated heterocycles. The molecule has 0 bridgehead atoms. The Labute approximate surface area is 164 Å². The van der Waals surface area contributed by atoms with E-state index in [1.54, 1.807) is 12.1 Å². The number of carbonyl (C=O) groups is 5. The van der Waals surface area contributed by atoms with Crippen LogP contribution >= 0.6 is 0 Å². The van der Waals surface area contributed by atoms with E-state index >= 15 is 0 Å². The highest BCUT2D eigenvalue weighted by molar-refractivity contribution is 6.24. The smallest absolute Gasteiger partial charge is 0.271 e. The molecule has 1 aromatic carbocycles. The number of hydrogen-bond donors (Lipinski definition) is 2. The van der Waals surface area contributed by atoms with E-state index in [9.17, 15) is 24.0 Å². The maximum absolute atomic E-state index is 13.0. The van der Waals surface area contributed by atoms with Crippen molar-refractivity contribution in [3.05, 3.63) is 59.2 Å². The lowest BCUT2D eigenvalue weighted by Crippen LogP contribution is -2.54. The first kappa shape index (κ1) is 18.4. The lowest BCUT2D eigenvalue weighted by atomic mass is 10.0. The van der Waals surface area contributed by atoms with Gasteiger partial charge in [-0.05, 0) is 18.1 Å². The van der Waals surface area contributed by atoms with Crippen LogP contribution in [0, 0.1) is 0 Å². The summed E-state index contributed by atoms with van der Waals surface area (Å²) in [6.07, 6.45) is 4.26. The molecule has 0 aliphatic carbocycles. The normalized spacial score (nSPS) is 18.5. The van der Waals surface area contributed by atoms with E-state index in [-0.39, 0.29) is 36.2 Å². The molecule has 2 aliphatic heterocycles. The summed E-state index contributed by atoms with van der Waals surface area (Å²) in [6.45, 7) is -0.0131. The number of rotatable bonds is 4. The molecule has 1 fully saturated rings. The molecule has 1 aromatic heterocycles. The molecule has 0 saturated carbocycles. The fourth-order valence-corrected chi connectivity index (χ4v) is 3.41. The van der Waals surface area contributed by atoms with E-state index in [2.05, 4.69) is 20.6 Å². The van der Waals surface area contributed by atoms with Gasteiger partial charge in [0, 0.05) is 25.4 Å². The Morgan fingerprint density at radius 1 is 1.17 bits per heavy atom. The van der Waals surface area contributed by atoms with Crippen LogP contribution in [0.3, 0.4) is 0 Å². The number of nitrogens with zero attached hydrogens (tertiary/aromatic N) is 3. The first-order chi connectivity index (χ1) is 14.0. The van der Waals surface area contributed by atoms with Gasteiger partial charge in [-0.15, -0.1) is 0 Å². The molecule has 0 spiro atoms. The maximum atomic E-state index is 13.0. The molecule has 10 nitrogen and oxygen atoms in total. The van der Waals surface area contributed by atoms with Crippen LogP contribution in [0.1, 0.15) is 49.6 Å². The van der Waals surface area contributed by atoms with E-state index in [1.807, 2.05) is 0 Å². The Hall–Kier alpha value is -3.95. The van der Waals surface area contributed by atoms with E-state index in [4.69, 9.17) is 0 Å². The molecular formula is C19H15N5O5. The van der Waals surface area contributed by atoms with E-state index in [0.717, 1.165) is 4.90 Å². The van der Waals surface area contributed by atoms with Gasteiger partial charge in [-0.2, -0.15) is 0 Å². The van der Waals surface area contributed by atoms with Crippen LogP contribution in [0.4, 0.5) is 0 Å². The van der Waals surface area contributed by atoms with Crippen molar-refractivity contribution >= 4 is 29.5 Å². The summed E-state index contributed by atoms with van der Waals surface area (Å²) in [4.78, 5) is 70.1. The number of imide groups is 2. The summed E-state index contributed by atoms with van der Waals surface area (Å²) >= 11 is 0. The second-order valence-electron chi connectivity index (χ2n) is 6.56. The van der Waals surface area contributed by atoms with Crippen molar-refractivity contribution in [3.8, 4) is 0 Å². The number of carbonyl (C=O) groups excluding carboxylic acids is 5. The van der Waals surface area contributed by atoms with Crippen LogP contribution in [0.25, 0.3) is 0 Å². The van der Waals surface area contributed by atoms with Crippen LogP contribution in [0.15, 0.2) is 36.8 Å². The van der Waals surface area contributed by atoms with E-state index in [1.165, 1.54) is 24.7 Å². The minimum Gasteiger partial charge on any atom is -0.347 e. The largest absolute Gasteiger partial charge is 0.347 e. The second-order valence-corrected chi connectivity index (χ2v) is 6.56. The third-order valence-electron chi connectivity index (χ3n) is 4.79. The summed E-state index contributed by atoms with van der Waals surface area (Å²) in [5.74, 6) is -2.80. The zero-order valence-electron chi connectivity index (χ0n) is 15.0. The summed E-state index contributed by atoms with van der Waals surface area (Å²) in [5, 5.41) is 4.80. The minimum atomic E-state index is -1.04. The highest BCUT2D eigenvalue weighted by atomic mass is 16.2. The summed E-state index contributed by atoms with van der Waals surface area (Å²) in [6, 6.07) is 3.67. The molecule has 4 rings (SSSR count). The quantitative estimate of drug-likeness (QED) is 0.686. The van der Waals surface area contributed by atoms with Crippen LogP contribution in [-0.4, -0.2) is 50.4 Å². The van der Waals surface area contributed by atoms with Crippen molar-refractivity contribution in [2.75, 3.05) is 0 Å². The summed E-state index contributed by atoms with van der Waals surface area (Å²) in [5.41, 5.74) is 0.855. The van der Waals surface area contributed by atoms with Crippen LogP contribution < -0.4 is 10.6 Å². The Balaban J connectivity index is 1.57. The molecule has 2 aliphatic rings. The molecule has 3 heterocycles. The van der Waals surface area contributed by atoms with Gasteiger partial charge in [0.1, 0.15) is 11.7 Å². The molecule has 29 heavy (non-hydrogen) atoms. The second kappa shape index (κ2) is 7.23. The predicted molar refractivity (Wildman–Crippen MR) is 96.3 cm³/mol. The van der Waals surface area contributed by atoms with Gasteiger partial charge in [-0.1, -0.05) is 12.1 Å². The van der Waals surface area contributed by atoms with Crippen molar-refractivity contribution in [1.29, 1.82) is 0 Å². The van der Waals surface area contributed by atoms with Crippen molar-refractivity contribution in [3.63, 3.8) is 0 Å². The Morgan fingerprint density at radius 3 is 2.72 bits per heavy atom. The predicted octanol–water partition coefficient (Wildman–Crippen LogP) is -0.192. The van der Waals surface area contributed by atoms with Crippen LogP contribution in [0.2, 0.25) is 0 Å².